The van der Waals surface area contributed by atoms with E-state index in [-0.39, 0.29) is 5.96 Å². The molecule has 0 aliphatic carbocycles. The van der Waals surface area contributed by atoms with E-state index in [9.17, 15) is 0 Å². The van der Waals surface area contributed by atoms with E-state index in [0.717, 1.165) is 5.52 Å². The smallest absolute Gasteiger partial charge is 0.191 e. The van der Waals surface area contributed by atoms with Crippen molar-refractivity contribution in [2.75, 3.05) is 0 Å². The van der Waals surface area contributed by atoms with Crippen molar-refractivity contribution in [2.24, 2.45) is 16.5 Å². The highest BCUT2D eigenvalue weighted by Crippen LogP contribution is 2.30. The summed E-state index contributed by atoms with van der Waals surface area (Å²) in [6.45, 7) is 0. The minimum atomic E-state index is -0.0261. The summed E-state index contributed by atoms with van der Waals surface area (Å²) in [4.78, 5) is 10.9. The number of hydrogen-bond donors (Lipinski definition) is 3. The molecule has 72 valence electrons. The Morgan fingerprint density at radius 1 is 1.43 bits per heavy atom. The molecule has 1 heterocycles. The van der Waals surface area contributed by atoms with Gasteiger partial charge >= 0.3 is 0 Å². The minimum Gasteiger partial charge on any atom is -0.370 e. The molecule has 0 saturated carbocycles. The molecule has 0 aliphatic heterocycles. The van der Waals surface area contributed by atoms with Crippen LogP contribution in [0.5, 0.6) is 0 Å². The van der Waals surface area contributed by atoms with E-state index in [2.05, 4.69) is 15.0 Å². The monoisotopic (exact) mass is 209 g/mol. The lowest BCUT2D eigenvalue weighted by Crippen LogP contribution is -2.21. The largest absolute Gasteiger partial charge is 0.370 e. The van der Waals surface area contributed by atoms with Gasteiger partial charge in [-0.25, -0.2) is 9.98 Å². The number of rotatable bonds is 1. The van der Waals surface area contributed by atoms with Gasteiger partial charge in [-0.3, -0.25) is 0 Å². The van der Waals surface area contributed by atoms with E-state index >= 15 is 0 Å². The lowest BCUT2D eigenvalue weighted by Gasteiger charge is -1.98. The number of nitrogens with two attached hydrogens (primary N) is 2. The highest BCUT2D eigenvalue weighted by molar-refractivity contribution is 6.37. The van der Waals surface area contributed by atoms with Crippen LogP contribution < -0.4 is 11.5 Å². The molecule has 14 heavy (non-hydrogen) atoms. The Bertz CT molecular complexity index is 497. The molecule has 1 aromatic carbocycles. The maximum atomic E-state index is 6.03. The van der Waals surface area contributed by atoms with Crippen LogP contribution in [0.2, 0.25) is 5.02 Å². The highest BCUT2D eigenvalue weighted by Gasteiger charge is 2.06. The molecule has 0 aliphatic rings. The zero-order valence-corrected chi connectivity index (χ0v) is 7.92. The fraction of sp³-hybridized carbons (Fsp3) is 0. The summed E-state index contributed by atoms with van der Waals surface area (Å²) >= 11 is 6.03. The second-order valence-electron chi connectivity index (χ2n) is 2.73. The molecule has 1 aromatic heterocycles. The topological polar surface area (TPSA) is 93.1 Å². The molecule has 2 aromatic rings. The maximum Gasteiger partial charge on any atom is 0.191 e. The summed E-state index contributed by atoms with van der Waals surface area (Å²) in [5.74, 6) is -0.0261. The van der Waals surface area contributed by atoms with Crippen LogP contribution in [-0.2, 0) is 0 Å². The Morgan fingerprint density at radius 3 is 2.93 bits per heavy atom. The van der Waals surface area contributed by atoms with E-state index in [1.807, 2.05) is 6.07 Å². The predicted molar refractivity (Wildman–Crippen MR) is 56.6 cm³/mol. The number of imidazole rings is 1. The van der Waals surface area contributed by atoms with Gasteiger partial charge < -0.3 is 16.5 Å². The fourth-order valence-electron chi connectivity index (χ4n) is 1.19. The quantitative estimate of drug-likeness (QED) is 0.485. The van der Waals surface area contributed by atoms with Crippen molar-refractivity contribution < 1.29 is 0 Å². The van der Waals surface area contributed by atoms with E-state index in [4.69, 9.17) is 23.1 Å². The number of nitrogens with one attached hydrogen (secondary N) is 1. The van der Waals surface area contributed by atoms with Gasteiger partial charge in [0, 0.05) is 0 Å². The van der Waals surface area contributed by atoms with Gasteiger partial charge in [-0.15, -0.1) is 0 Å². The van der Waals surface area contributed by atoms with E-state index in [0.29, 0.717) is 16.2 Å². The van der Waals surface area contributed by atoms with Crippen molar-refractivity contribution in [3.63, 3.8) is 0 Å². The van der Waals surface area contributed by atoms with Crippen LogP contribution in [0.1, 0.15) is 0 Å². The van der Waals surface area contributed by atoms with Gasteiger partial charge in [0.25, 0.3) is 0 Å². The number of halogens is 1. The first-order valence-electron chi connectivity index (χ1n) is 3.89. The van der Waals surface area contributed by atoms with Crippen molar-refractivity contribution in [1.82, 2.24) is 9.97 Å². The number of aromatic amines is 1. The first kappa shape index (κ1) is 8.83. The third-order valence-electron chi connectivity index (χ3n) is 1.76. The molecule has 2 rings (SSSR count). The molecular weight excluding hydrogens is 202 g/mol. The second-order valence-corrected chi connectivity index (χ2v) is 3.11. The standard InChI is InChI=1S/C8H8ClN5/c9-6-4(14-8(10)11)1-2-5-7(6)13-3-12-5/h1-3H,(H,12,13)(H4,10,11,14). The van der Waals surface area contributed by atoms with Gasteiger partial charge in [0.05, 0.1) is 22.6 Å². The SMILES string of the molecule is NC(N)=Nc1ccc2[nH]cnc2c1Cl. The van der Waals surface area contributed by atoms with Crippen LogP contribution in [0.15, 0.2) is 23.5 Å². The Hall–Kier alpha value is -1.75. The highest BCUT2D eigenvalue weighted by atomic mass is 35.5. The number of hydrogen-bond acceptors (Lipinski definition) is 2. The first-order chi connectivity index (χ1) is 6.68. The molecule has 0 bridgehead atoms. The number of benzene rings is 1. The molecule has 5 nitrogen and oxygen atoms in total. The van der Waals surface area contributed by atoms with Crippen LogP contribution in [0.4, 0.5) is 5.69 Å². The molecule has 0 saturated heterocycles. The molecule has 0 radical (unpaired) electrons. The third kappa shape index (κ3) is 1.38. The third-order valence-corrected chi connectivity index (χ3v) is 2.13. The number of aromatic nitrogens is 2. The Kier molecular flexibility index (Phi) is 2.01. The fourth-order valence-corrected chi connectivity index (χ4v) is 1.44. The zero-order valence-electron chi connectivity index (χ0n) is 7.16. The summed E-state index contributed by atoms with van der Waals surface area (Å²) in [5, 5.41) is 0.442. The number of guanidine groups is 1. The summed E-state index contributed by atoms with van der Waals surface area (Å²) in [6, 6.07) is 3.54. The molecule has 0 spiro atoms. The summed E-state index contributed by atoms with van der Waals surface area (Å²) in [6.07, 6.45) is 1.57. The van der Waals surface area contributed by atoms with Gasteiger partial charge in [0.2, 0.25) is 0 Å². The summed E-state index contributed by atoms with van der Waals surface area (Å²) in [7, 11) is 0. The van der Waals surface area contributed by atoms with Gasteiger partial charge in [0.1, 0.15) is 5.52 Å². The average Bonchev–Trinajstić information content (AvgIpc) is 2.57. The Balaban J connectivity index is 2.68. The molecule has 0 amide bonds. The Morgan fingerprint density at radius 2 is 2.21 bits per heavy atom. The average molecular weight is 210 g/mol. The predicted octanol–water partition coefficient (Wildman–Crippen LogP) is 1.12. The molecule has 5 N–H and O–H groups in total. The molecule has 0 fully saturated rings. The van der Waals surface area contributed by atoms with Crippen molar-refractivity contribution in [1.29, 1.82) is 0 Å². The summed E-state index contributed by atoms with van der Waals surface area (Å²) in [5.41, 5.74) is 12.5. The van der Waals surface area contributed by atoms with Crippen molar-refractivity contribution in [3.05, 3.63) is 23.5 Å². The van der Waals surface area contributed by atoms with E-state index in [1.54, 1.807) is 12.4 Å². The molecule has 6 heteroatoms. The van der Waals surface area contributed by atoms with Gasteiger partial charge in [0.15, 0.2) is 5.96 Å². The van der Waals surface area contributed by atoms with Gasteiger partial charge in [-0.2, -0.15) is 0 Å². The number of H-pyrrole nitrogens is 1. The first-order valence-corrected chi connectivity index (χ1v) is 4.27. The van der Waals surface area contributed by atoms with Gasteiger partial charge in [-0.1, -0.05) is 11.6 Å². The number of nitrogens with zero attached hydrogens (tertiary/aromatic N) is 2. The lowest BCUT2D eigenvalue weighted by molar-refractivity contribution is 1.34. The van der Waals surface area contributed by atoms with E-state index < -0.39 is 0 Å². The van der Waals surface area contributed by atoms with Crippen LogP contribution in [-0.4, -0.2) is 15.9 Å². The molecule has 0 atom stereocenters. The minimum absolute atomic E-state index is 0.0261. The summed E-state index contributed by atoms with van der Waals surface area (Å²) < 4.78 is 0. The Labute approximate surface area is 84.8 Å². The van der Waals surface area contributed by atoms with Crippen LogP contribution >= 0.6 is 11.6 Å². The van der Waals surface area contributed by atoms with Crippen molar-refractivity contribution in [3.8, 4) is 0 Å². The van der Waals surface area contributed by atoms with E-state index in [1.165, 1.54) is 0 Å². The van der Waals surface area contributed by atoms with Crippen LogP contribution in [0, 0.1) is 0 Å². The lowest BCUT2D eigenvalue weighted by atomic mass is 10.3. The molecule has 0 unspecified atom stereocenters. The number of fused-ring (bicyclic) bond motifs is 1. The maximum absolute atomic E-state index is 6.03. The van der Waals surface area contributed by atoms with Crippen molar-refractivity contribution in [2.45, 2.75) is 0 Å². The second kappa shape index (κ2) is 3.19. The van der Waals surface area contributed by atoms with Gasteiger partial charge in [-0.05, 0) is 12.1 Å². The van der Waals surface area contributed by atoms with Crippen LogP contribution in [0.3, 0.4) is 0 Å². The zero-order chi connectivity index (χ0) is 10.1. The van der Waals surface area contributed by atoms with Crippen LogP contribution in [0.25, 0.3) is 11.0 Å². The number of aliphatic imine (C=N–C) groups is 1. The normalized spacial score (nSPS) is 10.4. The molecular formula is C8H8ClN5. The van der Waals surface area contributed by atoms with Crippen molar-refractivity contribution >= 4 is 34.3 Å².